The van der Waals surface area contributed by atoms with E-state index in [-0.39, 0.29) is 5.56 Å². The minimum absolute atomic E-state index is 0.105. The number of carboxylic acid groups (broad SMARTS) is 1. The lowest BCUT2D eigenvalue weighted by Gasteiger charge is -2.12. The number of halogens is 3. The van der Waals surface area contributed by atoms with Crippen LogP contribution in [0.5, 0.6) is 5.75 Å². The molecule has 0 heterocycles. The number of rotatable bonds is 6. The number of ether oxygens (including phenoxy) is 1. The van der Waals surface area contributed by atoms with Crippen molar-refractivity contribution < 1.29 is 14.6 Å². The van der Waals surface area contributed by atoms with Crippen LogP contribution in [0, 0.1) is 0 Å². The highest BCUT2D eigenvalue weighted by atomic mass is 35.5. The van der Waals surface area contributed by atoms with Crippen molar-refractivity contribution in [2.45, 2.75) is 0 Å². The second kappa shape index (κ2) is 7.58. The number of carbonyl (C=O) groups is 1. The second-order valence-electron chi connectivity index (χ2n) is 4.35. The van der Waals surface area contributed by atoms with E-state index in [2.05, 4.69) is 5.32 Å². The Labute approximate surface area is 142 Å². The van der Waals surface area contributed by atoms with Crippen molar-refractivity contribution >= 4 is 46.5 Å². The molecule has 0 aromatic heterocycles. The van der Waals surface area contributed by atoms with E-state index in [9.17, 15) is 4.79 Å². The molecule has 0 unspecified atom stereocenters. The fraction of sp³-hybridized carbons (Fsp3) is 0.133. The molecule has 7 heteroatoms. The first kappa shape index (κ1) is 16.7. The molecule has 2 aromatic rings. The first-order chi connectivity index (χ1) is 10.5. The summed E-state index contributed by atoms with van der Waals surface area (Å²) in [4.78, 5) is 11.1. The number of benzene rings is 2. The van der Waals surface area contributed by atoms with E-state index in [1.54, 1.807) is 30.3 Å². The van der Waals surface area contributed by atoms with Gasteiger partial charge in [0.15, 0.2) is 0 Å². The number of aromatic carboxylic acids is 1. The third-order valence-corrected chi connectivity index (χ3v) is 3.56. The van der Waals surface area contributed by atoms with E-state index in [1.165, 1.54) is 6.07 Å². The lowest BCUT2D eigenvalue weighted by atomic mass is 10.2. The number of nitrogens with one attached hydrogen (secondary N) is 1. The first-order valence-corrected chi connectivity index (χ1v) is 7.45. The predicted molar refractivity (Wildman–Crippen MR) is 88.9 cm³/mol. The zero-order valence-electron chi connectivity index (χ0n) is 11.3. The van der Waals surface area contributed by atoms with Gasteiger partial charge in [0.05, 0.1) is 10.6 Å². The molecule has 0 aliphatic heterocycles. The molecule has 0 aliphatic carbocycles. The third-order valence-electron chi connectivity index (χ3n) is 2.78. The van der Waals surface area contributed by atoms with Crippen LogP contribution in [0.15, 0.2) is 36.4 Å². The third kappa shape index (κ3) is 4.44. The van der Waals surface area contributed by atoms with Crippen LogP contribution in [0.1, 0.15) is 10.4 Å². The standard InChI is InChI=1S/C15H12Cl3NO3/c16-9-2-4-13(11(7-9)15(20)21)19-5-6-22-14-8-10(17)1-3-12(14)18/h1-4,7-8,19H,5-6H2,(H,20,21). The summed E-state index contributed by atoms with van der Waals surface area (Å²) in [6.45, 7) is 0.687. The van der Waals surface area contributed by atoms with Crippen LogP contribution in [0.2, 0.25) is 15.1 Å². The van der Waals surface area contributed by atoms with Crippen LogP contribution in [-0.2, 0) is 0 Å². The highest BCUT2D eigenvalue weighted by molar-refractivity contribution is 6.34. The largest absolute Gasteiger partial charge is 0.490 e. The Kier molecular flexibility index (Phi) is 5.77. The van der Waals surface area contributed by atoms with Gasteiger partial charge in [0.1, 0.15) is 12.4 Å². The lowest BCUT2D eigenvalue weighted by molar-refractivity contribution is 0.0698. The van der Waals surface area contributed by atoms with Crippen LogP contribution in [-0.4, -0.2) is 24.2 Å². The molecule has 2 N–H and O–H groups in total. The normalized spacial score (nSPS) is 10.3. The average Bonchev–Trinajstić information content (AvgIpc) is 2.48. The summed E-state index contributed by atoms with van der Waals surface area (Å²) in [5, 5.41) is 13.5. The minimum Gasteiger partial charge on any atom is -0.490 e. The van der Waals surface area contributed by atoms with E-state index in [0.29, 0.717) is 39.7 Å². The Morgan fingerprint density at radius 3 is 2.50 bits per heavy atom. The molecule has 116 valence electrons. The number of hydrogen-bond acceptors (Lipinski definition) is 3. The van der Waals surface area contributed by atoms with Crippen LogP contribution < -0.4 is 10.1 Å². The average molecular weight is 361 g/mol. The molecule has 0 amide bonds. The van der Waals surface area contributed by atoms with Gasteiger partial charge < -0.3 is 15.2 Å². The molecule has 0 saturated heterocycles. The molecular formula is C15H12Cl3NO3. The summed E-state index contributed by atoms with van der Waals surface area (Å²) in [5.74, 6) is -0.575. The Morgan fingerprint density at radius 1 is 1.09 bits per heavy atom. The van der Waals surface area contributed by atoms with Crippen molar-refractivity contribution in [1.29, 1.82) is 0 Å². The predicted octanol–water partition coefficient (Wildman–Crippen LogP) is 4.84. The number of carboxylic acids is 1. The molecule has 0 aliphatic rings. The van der Waals surface area contributed by atoms with Crippen LogP contribution in [0.3, 0.4) is 0 Å². The van der Waals surface area contributed by atoms with Crippen molar-refractivity contribution in [3.8, 4) is 5.75 Å². The van der Waals surface area contributed by atoms with Gasteiger partial charge in [-0.1, -0.05) is 34.8 Å². The van der Waals surface area contributed by atoms with Gasteiger partial charge in [0.25, 0.3) is 0 Å². The van der Waals surface area contributed by atoms with Gasteiger partial charge in [0, 0.05) is 28.3 Å². The Morgan fingerprint density at radius 2 is 1.77 bits per heavy atom. The Balaban J connectivity index is 1.94. The highest BCUT2D eigenvalue weighted by Crippen LogP contribution is 2.27. The van der Waals surface area contributed by atoms with Crippen LogP contribution in [0.25, 0.3) is 0 Å². The quantitative estimate of drug-likeness (QED) is 0.724. The van der Waals surface area contributed by atoms with Crippen molar-refractivity contribution in [2.24, 2.45) is 0 Å². The van der Waals surface area contributed by atoms with Gasteiger partial charge in [-0.3, -0.25) is 0 Å². The SMILES string of the molecule is O=C(O)c1cc(Cl)ccc1NCCOc1cc(Cl)ccc1Cl. The maximum atomic E-state index is 11.1. The van der Waals surface area contributed by atoms with Crippen molar-refractivity contribution in [1.82, 2.24) is 0 Å². The van der Waals surface area contributed by atoms with Gasteiger partial charge in [-0.05, 0) is 30.3 Å². The van der Waals surface area contributed by atoms with Gasteiger partial charge in [-0.15, -0.1) is 0 Å². The maximum Gasteiger partial charge on any atom is 0.337 e. The van der Waals surface area contributed by atoms with Gasteiger partial charge >= 0.3 is 5.97 Å². The minimum atomic E-state index is -1.05. The maximum absolute atomic E-state index is 11.1. The van der Waals surface area contributed by atoms with Crippen LogP contribution >= 0.6 is 34.8 Å². The molecular weight excluding hydrogens is 349 g/mol. The van der Waals surface area contributed by atoms with Gasteiger partial charge in [-0.25, -0.2) is 4.79 Å². The summed E-state index contributed by atoms with van der Waals surface area (Å²) >= 11 is 17.6. The van der Waals surface area contributed by atoms with E-state index in [4.69, 9.17) is 44.6 Å². The van der Waals surface area contributed by atoms with Crippen molar-refractivity contribution in [2.75, 3.05) is 18.5 Å². The Hall–Kier alpha value is -1.62. The molecule has 2 aromatic carbocycles. The summed E-state index contributed by atoms with van der Waals surface area (Å²) in [6, 6.07) is 9.55. The molecule has 0 radical (unpaired) electrons. The van der Waals surface area contributed by atoms with Crippen molar-refractivity contribution in [3.05, 3.63) is 57.0 Å². The smallest absolute Gasteiger partial charge is 0.337 e. The summed E-state index contributed by atoms with van der Waals surface area (Å²) in [5.41, 5.74) is 0.575. The molecule has 0 bridgehead atoms. The molecule has 22 heavy (non-hydrogen) atoms. The summed E-state index contributed by atoms with van der Waals surface area (Å²) in [7, 11) is 0. The fourth-order valence-corrected chi connectivity index (χ4v) is 2.29. The molecule has 0 spiro atoms. The molecule has 0 fully saturated rings. The lowest BCUT2D eigenvalue weighted by Crippen LogP contribution is -2.14. The van der Waals surface area contributed by atoms with E-state index in [0.717, 1.165) is 0 Å². The number of hydrogen-bond donors (Lipinski definition) is 2. The Bertz CT molecular complexity index is 692. The second-order valence-corrected chi connectivity index (χ2v) is 5.63. The molecule has 2 rings (SSSR count). The van der Waals surface area contributed by atoms with Crippen molar-refractivity contribution in [3.63, 3.8) is 0 Å². The molecule has 0 atom stereocenters. The zero-order chi connectivity index (χ0) is 16.1. The number of anilines is 1. The van der Waals surface area contributed by atoms with Gasteiger partial charge in [0.2, 0.25) is 0 Å². The van der Waals surface area contributed by atoms with Gasteiger partial charge in [-0.2, -0.15) is 0 Å². The van der Waals surface area contributed by atoms with E-state index < -0.39 is 5.97 Å². The summed E-state index contributed by atoms with van der Waals surface area (Å²) < 4.78 is 5.51. The summed E-state index contributed by atoms with van der Waals surface area (Å²) in [6.07, 6.45) is 0. The molecule has 0 saturated carbocycles. The highest BCUT2D eigenvalue weighted by Gasteiger charge is 2.10. The topological polar surface area (TPSA) is 58.6 Å². The first-order valence-electron chi connectivity index (χ1n) is 6.32. The zero-order valence-corrected chi connectivity index (χ0v) is 13.5. The fourth-order valence-electron chi connectivity index (χ4n) is 1.78. The molecule has 4 nitrogen and oxygen atoms in total. The van der Waals surface area contributed by atoms with Crippen LogP contribution in [0.4, 0.5) is 5.69 Å². The van der Waals surface area contributed by atoms with E-state index >= 15 is 0 Å². The van der Waals surface area contributed by atoms with E-state index in [1.807, 2.05) is 0 Å². The monoisotopic (exact) mass is 359 g/mol.